The van der Waals surface area contributed by atoms with Crippen LogP contribution in [-0.2, 0) is 9.53 Å². The molecule has 4 N–H and O–H groups in total. The number of carbonyl (C=O) groups excluding carboxylic acids is 2. The van der Waals surface area contributed by atoms with Crippen molar-refractivity contribution in [3.8, 4) is 0 Å². The number of nitrogens with two attached hydrogens (primary N) is 1. The van der Waals surface area contributed by atoms with Crippen molar-refractivity contribution < 1.29 is 14.3 Å². The van der Waals surface area contributed by atoms with Crippen molar-refractivity contribution in [1.29, 1.82) is 0 Å². The predicted octanol–water partition coefficient (Wildman–Crippen LogP) is 0.267. The summed E-state index contributed by atoms with van der Waals surface area (Å²) in [5.74, 6) is -0.629. The lowest BCUT2D eigenvalue weighted by molar-refractivity contribution is -0.120. The molecule has 2 atom stereocenters. The molecule has 2 amide bonds. The Morgan fingerprint density at radius 3 is 2.65 bits per heavy atom. The van der Waals surface area contributed by atoms with Gasteiger partial charge in [-0.1, -0.05) is 0 Å². The van der Waals surface area contributed by atoms with Gasteiger partial charge in [0, 0.05) is 24.3 Å². The topological polar surface area (TPSA) is 93.5 Å². The van der Waals surface area contributed by atoms with Crippen LogP contribution in [0.3, 0.4) is 0 Å². The number of amides is 2. The SMILES string of the molecule is CNC(=O)c1ccc(NC(=O)C2COCC2N)c(C)c1. The van der Waals surface area contributed by atoms with Crippen LogP contribution in [0.15, 0.2) is 18.2 Å². The Morgan fingerprint density at radius 1 is 1.35 bits per heavy atom. The van der Waals surface area contributed by atoms with Crippen molar-refractivity contribution >= 4 is 17.5 Å². The largest absolute Gasteiger partial charge is 0.379 e. The lowest BCUT2D eigenvalue weighted by atomic mass is 10.0. The second-order valence-corrected chi connectivity index (χ2v) is 4.91. The maximum absolute atomic E-state index is 12.1. The third-order valence-corrected chi connectivity index (χ3v) is 3.43. The van der Waals surface area contributed by atoms with Crippen molar-refractivity contribution in [3.63, 3.8) is 0 Å². The molecule has 1 saturated heterocycles. The standard InChI is InChI=1S/C14H19N3O3/c1-8-5-9(13(18)16-2)3-4-12(8)17-14(19)10-6-20-7-11(10)15/h3-5,10-11H,6-7,15H2,1-2H3,(H,16,18)(H,17,19). The van der Waals surface area contributed by atoms with Gasteiger partial charge in [-0.05, 0) is 30.7 Å². The molecule has 6 heteroatoms. The second kappa shape index (κ2) is 6.02. The van der Waals surface area contributed by atoms with Crippen LogP contribution < -0.4 is 16.4 Å². The molecule has 6 nitrogen and oxygen atoms in total. The Labute approximate surface area is 117 Å². The summed E-state index contributed by atoms with van der Waals surface area (Å²) in [6.07, 6.45) is 0. The summed E-state index contributed by atoms with van der Waals surface area (Å²) in [5.41, 5.74) is 7.88. The maximum Gasteiger partial charge on any atom is 0.251 e. The first-order valence-corrected chi connectivity index (χ1v) is 6.50. The van der Waals surface area contributed by atoms with Crippen LogP contribution in [0.1, 0.15) is 15.9 Å². The first-order valence-electron chi connectivity index (χ1n) is 6.50. The zero-order valence-electron chi connectivity index (χ0n) is 11.6. The summed E-state index contributed by atoms with van der Waals surface area (Å²) in [6, 6.07) is 4.87. The molecule has 0 bridgehead atoms. The fraction of sp³-hybridized carbons (Fsp3) is 0.429. The fourth-order valence-corrected chi connectivity index (χ4v) is 2.16. The van der Waals surface area contributed by atoms with Crippen LogP contribution in [0.25, 0.3) is 0 Å². The minimum atomic E-state index is -0.326. The van der Waals surface area contributed by atoms with Gasteiger partial charge in [0.15, 0.2) is 0 Å². The molecular formula is C14H19N3O3. The van der Waals surface area contributed by atoms with Gasteiger partial charge in [-0.3, -0.25) is 9.59 Å². The Balaban J connectivity index is 2.10. The summed E-state index contributed by atoms with van der Waals surface area (Å²) in [7, 11) is 1.58. The zero-order valence-corrected chi connectivity index (χ0v) is 11.6. The Morgan fingerprint density at radius 2 is 2.10 bits per heavy atom. The summed E-state index contributed by atoms with van der Waals surface area (Å²) < 4.78 is 5.18. The highest BCUT2D eigenvalue weighted by Crippen LogP contribution is 2.19. The highest BCUT2D eigenvalue weighted by Gasteiger charge is 2.31. The minimum Gasteiger partial charge on any atom is -0.379 e. The molecule has 1 aromatic carbocycles. The van der Waals surface area contributed by atoms with Crippen LogP contribution in [-0.4, -0.2) is 38.1 Å². The number of anilines is 1. The number of benzene rings is 1. The molecular weight excluding hydrogens is 258 g/mol. The Bertz CT molecular complexity index is 530. The van der Waals surface area contributed by atoms with Crippen LogP contribution in [0.2, 0.25) is 0 Å². The van der Waals surface area contributed by atoms with E-state index < -0.39 is 0 Å². The molecule has 0 aliphatic carbocycles. The maximum atomic E-state index is 12.1. The lowest BCUT2D eigenvalue weighted by Crippen LogP contribution is -2.37. The number of hydrogen-bond acceptors (Lipinski definition) is 4. The highest BCUT2D eigenvalue weighted by atomic mass is 16.5. The predicted molar refractivity (Wildman–Crippen MR) is 75.5 cm³/mol. The van der Waals surface area contributed by atoms with E-state index in [0.29, 0.717) is 24.5 Å². The van der Waals surface area contributed by atoms with Gasteiger partial charge < -0.3 is 21.1 Å². The number of carbonyl (C=O) groups is 2. The lowest BCUT2D eigenvalue weighted by Gasteiger charge is -2.15. The summed E-state index contributed by atoms with van der Waals surface area (Å²) in [4.78, 5) is 23.6. The average molecular weight is 277 g/mol. The van der Waals surface area contributed by atoms with Crippen LogP contribution in [0.4, 0.5) is 5.69 Å². The summed E-state index contributed by atoms with van der Waals surface area (Å²) in [6.45, 7) is 2.60. The molecule has 0 spiro atoms. The molecule has 1 aliphatic rings. The van der Waals surface area contributed by atoms with Gasteiger partial charge >= 0.3 is 0 Å². The molecule has 1 fully saturated rings. The Kier molecular flexibility index (Phi) is 4.36. The van der Waals surface area contributed by atoms with Gasteiger partial charge in [0.1, 0.15) is 0 Å². The second-order valence-electron chi connectivity index (χ2n) is 4.91. The molecule has 20 heavy (non-hydrogen) atoms. The van der Waals surface area contributed by atoms with E-state index >= 15 is 0 Å². The smallest absolute Gasteiger partial charge is 0.251 e. The van der Waals surface area contributed by atoms with Crippen molar-refractivity contribution in [2.75, 3.05) is 25.6 Å². The van der Waals surface area contributed by atoms with Crippen LogP contribution >= 0.6 is 0 Å². The molecule has 108 valence electrons. The molecule has 1 aromatic rings. The zero-order chi connectivity index (χ0) is 14.7. The number of aryl methyl sites for hydroxylation is 1. The van der Waals surface area contributed by atoms with E-state index in [0.717, 1.165) is 5.56 Å². The monoisotopic (exact) mass is 277 g/mol. The van der Waals surface area contributed by atoms with Gasteiger partial charge in [0.25, 0.3) is 5.91 Å². The fourth-order valence-electron chi connectivity index (χ4n) is 2.16. The van der Waals surface area contributed by atoms with E-state index in [-0.39, 0.29) is 23.8 Å². The Hall–Kier alpha value is -1.92. The number of ether oxygens (including phenoxy) is 1. The van der Waals surface area contributed by atoms with Gasteiger partial charge in [0.2, 0.25) is 5.91 Å². The van der Waals surface area contributed by atoms with Crippen molar-refractivity contribution in [2.24, 2.45) is 11.7 Å². The van der Waals surface area contributed by atoms with E-state index in [4.69, 9.17) is 10.5 Å². The third kappa shape index (κ3) is 2.97. The number of hydrogen-bond donors (Lipinski definition) is 3. The van der Waals surface area contributed by atoms with Gasteiger partial charge in [-0.2, -0.15) is 0 Å². The molecule has 1 aliphatic heterocycles. The van der Waals surface area contributed by atoms with E-state index in [1.54, 1.807) is 25.2 Å². The van der Waals surface area contributed by atoms with Crippen molar-refractivity contribution in [3.05, 3.63) is 29.3 Å². The summed E-state index contributed by atoms with van der Waals surface area (Å²) >= 11 is 0. The van der Waals surface area contributed by atoms with Crippen molar-refractivity contribution in [1.82, 2.24) is 5.32 Å². The average Bonchev–Trinajstić information content (AvgIpc) is 2.86. The normalized spacial score (nSPS) is 21.6. The third-order valence-electron chi connectivity index (χ3n) is 3.43. The molecule has 0 aromatic heterocycles. The van der Waals surface area contributed by atoms with Gasteiger partial charge in [0.05, 0.1) is 19.1 Å². The van der Waals surface area contributed by atoms with E-state index in [1.165, 1.54) is 0 Å². The molecule has 0 saturated carbocycles. The quantitative estimate of drug-likeness (QED) is 0.739. The van der Waals surface area contributed by atoms with E-state index in [2.05, 4.69) is 10.6 Å². The molecule has 1 heterocycles. The molecule has 2 rings (SSSR count). The highest BCUT2D eigenvalue weighted by molar-refractivity contribution is 5.97. The molecule has 0 radical (unpaired) electrons. The van der Waals surface area contributed by atoms with Gasteiger partial charge in [-0.25, -0.2) is 0 Å². The number of nitrogens with one attached hydrogen (secondary N) is 2. The van der Waals surface area contributed by atoms with Gasteiger partial charge in [-0.15, -0.1) is 0 Å². The van der Waals surface area contributed by atoms with Crippen LogP contribution in [0.5, 0.6) is 0 Å². The van der Waals surface area contributed by atoms with E-state index in [1.807, 2.05) is 6.92 Å². The van der Waals surface area contributed by atoms with E-state index in [9.17, 15) is 9.59 Å². The van der Waals surface area contributed by atoms with Crippen LogP contribution in [0, 0.1) is 12.8 Å². The van der Waals surface area contributed by atoms with Crippen molar-refractivity contribution in [2.45, 2.75) is 13.0 Å². The minimum absolute atomic E-state index is 0.147. The molecule has 2 unspecified atom stereocenters. The number of rotatable bonds is 3. The summed E-state index contributed by atoms with van der Waals surface area (Å²) in [5, 5.41) is 5.40. The first-order chi connectivity index (χ1) is 9.52. The first kappa shape index (κ1) is 14.5.